The van der Waals surface area contributed by atoms with Gasteiger partial charge in [0.05, 0.1) is 12.3 Å². The molecule has 0 aliphatic heterocycles. The van der Waals surface area contributed by atoms with Gasteiger partial charge < -0.3 is 15.9 Å². The molecule has 1 aromatic rings. The molecule has 4 nitrogen and oxygen atoms in total. The standard InChI is InChI=1S/C11H15F3N2O2.ClH/c1-6-10(18)9(7(5-17)4-16-6)8(15)2-3-11(12,13)14;/h4,8,17-18H,2-3,5,15H2,1H3;1H/t8-;/m0./s1. The number of hydrogen-bond donors (Lipinski definition) is 3. The number of halogens is 4. The Morgan fingerprint density at radius 1 is 1.42 bits per heavy atom. The Kier molecular flexibility index (Phi) is 6.54. The van der Waals surface area contributed by atoms with Crippen LogP contribution in [0.25, 0.3) is 0 Å². The van der Waals surface area contributed by atoms with Gasteiger partial charge in [-0.25, -0.2) is 0 Å². The SMILES string of the molecule is Cc1ncc(CO)c([C@@H](N)CCC(F)(F)F)c1O.Cl. The van der Waals surface area contributed by atoms with Crippen LogP contribution in [0.5, 0.6) is 5.75 Å². The molecule has 0 saturated carbocycles. The molecule has 4 N–H and O–H groups in total. The summed E-state index contributed by atoms with van der Waals surface area (Å²) in [6, 6.07) is -0.990. The summed E-state index contributed by atoms with van der Waals surface area (Å²) in [7, 11) is 0. The fourth-order valence-electron chi connectivity index (χ4n) is 1.66. The van der Waals surface area contributed by atoms with Gasteiger partial charge >= 0.3 is 6.18 Å². The lowest BCUT2D eigenvalue weighted by atomic mass is 9.97. The number of aliphatic hydroxyl groups excluding tert-OH is 1. The first-order chi connectivity index (χ1) is 8.26. The van der Waals surface area contributed by atoms with Crippen molar-refractivity contribution in [3.8, 4) is 5.75 Å². The zero-order valence-corrected chi connectivity index (χ0v) is 11.1. The highest BCUT2D eigenvalue weighted by Gasteiger charge is 2.29. The zero-order valence-electron chi connectivity index (χ0n) is 10.2. The van der Waals surface area contributed by atoms with Crippen LogP contribution < -0.4 is 5.73 Å². The molecule has 0 spiro atoms. The summed E-state index contributed by atoms with van der Waals surface area (Å²) < 4.78 is 36.3. The lowest BCUT2D eigenvalue weighted by molar-refractivity contribution is -0.136. The van der Waals surface area contributed by atoms with Crippen LogP contribution >= 0.6 is 12.4 Å². The minimum absolute atomic E-state index is 0. The monoisotopic (exact) mass is 300 g/mol. The number of aromatic hydroxyl groups is 1. The van der Waals surface area contributed by atoms with Gasteiger partial charge in [-0.15, -0.1) is 12.4 Å². The van der Waals surface area contributed by atoms with E-state index in [2.05, 4.69) is 4.98 Å². The summed E-state index contributed by atoms with van der Waals surface area (Å²) in [6.07, 6.45) is -4.39. The van der Waals surface area contributed by atoms with Gasteiger partial charge in [-0.2, -0.15) is 13.2 Å². The van der Waals surface area contributed by atoms with E-state index in [9.17, 15) is 18.3 Å². The van der Waals surface area contributed by atoms with E-state index in [4.69, 9.17) is 10.8 Å². The van der Waals surface area contributed by atoms with E-state index in [-0.39, 0.29) is 41.4 Å². The highest BCUT2D eigenvalue weighted by Crippen LogP contribution is 2.33. The smallest absolute Gasteiger partial charge is 0.389 e. The maximum atomic E-state index is 12.1. The number of aliphatic hydroxyl groups is 1. The predicted octanol–water partition coefficient (Wildman–Crippen LogP) is 2.35. The molecule has 110 valence electrons. The molecule has 1 heterocycles. The van der Waals surface area contributed by atoms with E-state index in [0.29, 0.717) is 0 Å². The van der Waals surface area contributed by atoms with Crippen molar-refractivity contribution in [2.75, 3.05) is 0 Å². The second-order valence-corrected chi connectivity index (χ2v) is 4.05. The zero-order chi connectivity index (χ0) is 13.9. The molecule has 1 rings (SSSR count). The first-order valence-corrected chi connectivity index (χ1v) is 5.36. The minimum atomic E-state index is -4.30. The van der Waals surface area contributed by atoms with Gasteiger partial charge in [0.15, 0.2) is 0 Å². The Morgan fingerprint density at radius 3 is 2.47 bits per heavy atom. The summed E-state index contributed by atoms with van der Waals surface area (Å²) >= 11 is 0. The van der Waals surface area contributed by atoms with E-state index >= 15 is 0 Å². The van der Waals surface area contributed by atoms with Crippen LogP contribution in [0.3, 0.4) is 0 Å². The second-order valence-electron chi connectivity index (χ2n) is 4.05. The van der Waals surface area contributed by atoms with E-state index in [1.54, 1.807) is 0 Å². The first kappa shape index (κ1) is 17.9. The summed E-state index contributed by atoms with van der Waals surface area (Å²) in [4.78, 5) is 3.81. The molecule has 0 aliphatic carbocycles. The number of rotatable bonds is 4. The quantitative estimate of drug-likeness (QED) is 0.797. The Hall–Kier alpha value is -1.05. The van der Waals surface area contributed by atoms with E-state index in [1.165, 1.54) is 13.1 Å². The molecule has 0 bridgehead atoms. The van der Waals surface area contributed by atoms with E-state index < -0.39 is 25.2 Å². The van der Waals surface area contributed by atoms with Crippen molar-refractivity contribution in [1.82, 2.24) is 4.98 Å². The number of aromatic nitrogens is 1. The molecular weight excluding hydrogens is 285 g/mol. The Balaban J connectivity index is 0.00000324. The van der Waals surface area contributed by atoms with Gasteiger partial charge in [0.2, 0.25) is 0 Å². The number of hydrogen-bond acceptors (Lipinski definition) is 4. The maximum Gasteiger partial charge on any atom is 0.389 e. The van der Waals surface area contributed by atoms with E-state index in [1.807, 2.05) is 0 Å². The van der Waals surface area contributed by atoms with Crippen LogP contribution in [0.1, 0.15) is 35.7 Å². The van der Waals surface area contributed by atoms with Crippen molar-refractivity contribution in [2.24, 2.45) is 5.73 Å². The average molecular weight is 301 g/mol. The number of alkyl halides is 3. The van der Waals surface area contributed by atoms with Gasteiger partial charge in [0.25, 0.3) is 0 Å². The lowest BCUT2D eigenvalue weighted by Gasteiger charge is -2.18. The second kappa shape index (κ2) is 6.93. The van der Waals surface area contributed by atoms with Crippen molar-refractivity contribution < 1.29 is 23.4 Å². The average Bonchev–Trinajstić information content (AvgIpc) is 2.28. The molecule has 0 aliphatic rings. The van der Waals surface area contributed by atoms with Gasteiger partial charge in [-0.1, -0.05) is 0 Å². The first-order valence-electron chi connectivity index (χ1n) is 5.36. The number of nitrogens with zero attached hydrogens (tertiary/aromatic N) is 1. The topological polar surface area (TPSA) is 79.4 Å². The van der Waals surface area contributed by atoms with Crippen molar-refractivity contribution in [1.29, 1.82) is 0 Å². The van der Waals surface area contributed by atoms with Crippen LogP contribution in [-0.4, -0.2) is 21.4 Å². The minimum Gasteiger partial charge on any atom is -0.506 e. The highest BCUT2D eigenvalue weighted by molar-refractivity contribution is 5.85. The number of nitrogens with two attached hydrogens (primary N) is 1. The largest absolute Gasteiger partial charge is 0.506 e. The molecule has 1 aromatic heterocycles. The molecule has 8 heteroatoms. The van der Waals surface area contributed by atoms with Gasteiger partial charge in [-0.3, -0.25) is 4.98 Å². The van der Waals surface area contributed by atoms with Crippen LogP contribution in [0.4, 0.5) is 13.2 Å². The summed E-state index contributed by atoms with van der Waals surface area (Å²) in [6.45, 7) is 1.08. The third kappa shape index (κ3) is 4.85. The van der Waals surface area contributed by atoms with Crippen LogP contribution in [0, 0.1) is 6.92 Å². The third-order valence-electron chi connectivity index (χ3n) is 2.64. The van der Waals surface area contributed by atoms with Crippen molar-refractivity contribution in [2.45, 2.75) is 38.6 Å². The third-order valence-corrected chi connectivity index (χ3v) is 2.64. The van der Waals surface area contributed by atoms with Crippen molar-refractivity contribution in [3.63, 3.8) is 0 Å². The van der Waals surface area contributed by atoms with Crippen LogP contribution in [0.2, 0.25) is 0 Å². The Bertz CT molecular complexity index is 427. The van der Waals surface area contributed by atoms with Crippen molar-refractivity contribution in [3.05, 3.63) is 23.0 Å². The molecule has 0 radical (unpaired) electrons. The predicted molar refractivity (Wildman–Crippen MR) is 66.0 cm³/mol. The Labute approximate surface area is 114 Å². The van der Waals surface area contributed by atoms with Gasteiger partial charge in [0.1, 0.15) is 5.75 Å². The maximum absolute atomic E-state index is 12.1. The molecule has 0 amide bonds. The lowest BCUT2D eigenvalue weighted by Crippen LogP contribution is -2.18. The molecule has 0 saturated heterocycles. The Morgan fingerprint density at radius 2 is 2.00 bits per heavy atom. The van der Waals surface area contributed by atoms with Gasteiger partial charge in [-0.05, 0) is 13.3 Å². The fraction of sp³-hybridized carbons (Fsp3) is 0.545. The summed E-state index contributed by atoms with van der Waals surface area (Å²) in [5.41, 5.74) is 6.29. The molecule has 0 unspecified atom stereocenters. The van der Waals surface area contributed by atoms with Gasteiger partial charge in [0, 0.05) is 29.8 Å². The highest BCUT2D eigenvalue weighted by atomic mass is 35.5. The molecule has 0 aromatic carbocycles. The summed E-state index contributed by atoms with van der Waals surface area (Å²) in [5, 5.41) is 18.9. The van der Waals surface area contributed by atoms with E-state index in [0.717, 1.165) is 0 Å². The van der Waals surface area contributed by atoms with Crippen LogP contribution in [-0.2, 0) is 6.61 Å². The molecule has 1 atom stereocenters. The molecular formula is C11H16ClF3N2O2. The molecule has 0 fully saturated rings. The van der Waals surface area contributed by atoms with Crippen molar-refractivity contribution >= 4 is 12.4 Å². The molecule has 19 heavy (non-hydrogen) atoms. The number of aryl methyl sites for hydroxylation is 1. The van der Waals surface area contributed by atoms with Crippen LogP contribution in [0.15, 0.2) is 6.20 Å². The summed E-state index contributed by atoms with van der Waals surface area (Å²) in [5.74, 6) is -0.253. The fourth-order valence-corrected chi connectivity index (χ4v) is 1.66. The number of pyridine rings is 1. The normalized spacial score (nSPS) is 12.9.